The van der Waals surface area contributed by atoms with Crippen molar-refractivity contribution in [3.8, 4) is 17.2 Å². The summed E-state index contributed by atoms with van der Waals surface area (Å²) in [6, 6.07) is 11.8. The standard InChI is InChI=1S/C20H23N3O6S/c1-3-27-17-9-7-16(8-10-17)23(30(2,25)26)14-19(24)22-21-13-15-5-4-6-18-20(15)29-12-11-28-18/h4-10,13H,3,11-12,14H2,1-2H3,(H,22,24)/b21-13+. The number of benzene rings is 2. The topological polar surface area (TPSA) is 107 Å². The van der Waals surface area contributed by atoms with Gasteiger partial charge in [0.15, 0.2) is 11.5 Å². The van der Waals surface area contributed by atoms with Gasteiger partial charge in [0.05, 0.1) is 24.8 Å². The molecule has 1 amide bonds. The van der Waals surface area contributed by atoms with Crippen LogP contribution in [0.15, 0.2) is 47.6 Å². The van der Waals surface area contributed by atoms with Crippen LogP contribution in [0, 0.1) is 0 Å². The van der Waals surface area contributed by atoms with Gasteiger partial charge in [0, 0.05) is 5.56 Å². The van der Waals surface area contributed by atoms with E-state index in [1.165, 1.54) is 6.21 Å². The number of fused-ring (bicyclic) bond motifs is 1. The van der Waals surface area contributed by atoms with Crippen molar-refractivity contribution >= 4 is 27.8 Å². The number of hydrogen-bond acceptors (Lipinski definition) is 7. The number of para-hydroxylation sites is 1. The smallest absolute Gasteiger partial charge is 0.260 e. The molecule has 0 atom stereocenters. The molecule has 0 saturated carbocycles. The van der Waals surface area contributed by atoms with E-state index in [0.29, 0.717) is 48.3 Å². The summed E-state index contributed by atoms with van der Waals surface area (Å²) in [6.07, 6.45) is 2.46. The Morgan fingerprint density at radius 3 is 2.63 bits per heavy atom. The Morgan fingerprint density at radius 1 is 1.20 bits per heavy atom. The minimum Gasteiger partial charge on any atom is -0.494 e. The number of hydrogen-bond donors (Lipinski definition) is 1. The Bertz CT molecular complexity index is 1020. The van der Waals surface area contributed by atoms with Gasteiger partial charge < -0.3 is 14.2 Å². The normalized spacial score (nSPS) is 13.1. The number of sulfonamides is 1. The van der Waals surface area contributed by atoms with Crippen molar-refractivity contribution in [3.05, 3.63) is 48.0 Å². The maximum atomic E-state index is 12.3. The van der Waals surface area contributed by atoms with E-state index in [0.717, 1.165) is 10.6 Å². The number of anilines is 1. The van der Waals surface area contributed by atoms with Crippen LogP contribution >= 0.6 is 0 Å². The fraction of sp³-hybridized carbons (Fsp3) is 0.300. The van der Waals surface area contributed by atoms with Crippen molar-refractivity contribution in [2.75, 3.05) is 36.9 Å². The van der Waals surface area contributed by atoms with E-state index in [9.17, 15) is 13.2 Å². The largest absolute Gasteiger partial charge is 0.494 e. The third-order valence-corrected chi connectivity index (χ3v) is 5.25. The van der Waals surface area contributed by atoms with Gasteiger partial charge in [-0.15, -0.1) is 0 Å². The van der Waals surface area contributed by atoms with Crippen LogP contribution in [0.3, 0.4) is 0 Å². The lowest BCUT2D eigenvalue weighted by Gasteiger charge is -2.21. The van der Waals surface area contributed by atoms with E-state index in [-0.39, 0.29) is 0 Å². The molecule has 1 aliphatic rings. The average molecular weight is 433 g/mol. The Balaban J connectivity index is 1.67. The second kappa shape index (κ2) is 9.49. The fourth-order valence-corrected chi connectivity index (χ4v) is 3.67. The minimum atomic E-state index is -3.68. The molecule has 2 aromatic carbocycles. The summed E-state index contributed by atoms with van der Waals surface area (Å²) in [7, 11) is -3.68. The van der Waals surface area contributed by atoms with Gasteiger partial charge in [-0.3, -0.25) is 9.10 Å². The van der Waals surface area contributed by atoms with Gasteiger partial charge in [0.2, 0.25) is 10.0 Å². The monoisotopic (exact) mass is 433 g/mol. The number of ether oxygens (including phenoxy) is 3. The summed E-state index contributed by atoms with van der Waals surface area (Å²) in [5.74, 6) is 1.18. The van der Waals surface area contributed by atoms with Gasteiger partial charge >= 0.3 is 0 Å². The fourth-order valence-electron chi connectivity index (χ4n) is 2.81. The first-order valence-electron chi connectivity index (χ1n) is 9.29. The molecule has 0 aromatic heterocycles. The van der Waals surface area contributed by atoms with Crippen LogP contribution in [-0.4, -0.2) is 53.2 Å². The Morgan fingerprint density at radius 2 is 1.93 bits per heavy atom. The van der Waals surface area contributed by atoms with Gasteiger partial charge in [0.25, 0.3) is 5.91 Å². The first kappa shape index (κ1) is 21.4. The SMILES string of the molecule is CCOc1ccc(N(CC(=O)N/N=C/c2cccc3c2OCCO3)S(C)(=O)=O)cc1. The van der Waals surface area contributed by atoms with E-state index >= 15 is 0 Å². The Hall–Kier alpha value is -3.27. The van der Waals surface area contributed by atoms with Crippen molar-refractivity contribution in [2.24, 2.45) is 5.10 Å². The molecule has 0 aliphatic carbocycles. The van der Waals surface area contributed by atoms with Crippen LogP contribution in [0.5, 0.6) is 17.2 Å². The molecule has 1 aliphatic heterocycles. The molecule has 0 spiro atoms. The van der Waals surface area contributed by atoms with Crippen LogP contribution in [0.25, 0.3) is 0 Å². The van der Waals surface area contributed by atoms with Gasteiger partial charge in [-0.2, -0.15) is 5.10 Å². The maximum Gasteiger partial charge on any atom is 0.260 e. The zero-order valence-corrected chi connectivity index (χ0v) is 17.5. The van der Waals surface area contributed by atoms with Crippen molar-refractivity contribution < 1.29 is 27.4 Å². The highest BCUT2D eigenvalue weighted by Gasteiger charge is 2.21. The van der Waals surface area contributed by atoms with Crippen LogP contribution in [-0.2, 0) is 14.8 Å². The molecule has 0 saturated heterocycles. The highest BCUT2D eigenvalue weighted by atomic mass is 32.2. The van der Waals surface area contributed by atoms with Gasteiger partial charge in [0.1, 0.15) is 25.5 Å². The summed E-state index contributed by atoms with van der Waals surface area (Å²) < 4.78 is 41.8. The molecule has 9 nitrogen and oxygen atoms in total. The molecule has 0 fully saturated rings. The van der Waals surface area contributed by atoms with Gasteiger partial charge in [-0.1, -0.05) is 6.07 Å². The van der Waals surface area contributed by atoms with E-state index in [1.807, 2.05) is 6.92 Å². The predicted molar refractivity (Wildman–Crippen MR) is 113 cm³/mol. The molecule has 3 rings (SSSR count). The zero-order valence-electron chi connectivity index (χ0n) is 16.7. The second-order valence-electron chi connectivity index (χ2n) is 6.36. The van der Waals surface area contributed by atoms with E-state index < -0.39 is 22.5 Å². The highest BCUT2D eigenvalue weighted by Crippen LogP contribution is 2.32. The first-order valence-corrected chi connectivity index (χ1v) is 11.1. The molecule has 30 heavy (non-hydrogen) atoms. The quantitative estimate of drug-likeness (QED) is 0.502. The summed E-state index contributed by atoms with van der Waals surface area (Å²) in [6.45, 7) is 2.83. The van der Waals surface area contributed by atoms with Crippen molar-refractivity contribution in [1.82, 2.24) is 5.43 Å². The first-order chi connectivity index (χ1) is 14.4. The van der Waals surface area contributed by atoms with Crippen molar-refractivity contribution in [1.29, 1.82) is 0 Å². The molecule has 0 radical (unpaired) electrons. The lowest BCUT2D eigenvalue weighted by Crippen LogP contribution is -2.39. The van der Waals surface area contributed by atoms with Gasteiger partial charge in [-0.05, 0) is 43.3 Å². The zero-order chi connectivity index (χ0) is 21.6. The van der Waals surface area contributed by atoms with E-state index in [1.54, 1.807) is 42.5 Å². The highest BCUT2D eigenvalue weighted by molar-refractivity contribution is 7.92. The van der Waals surface area contributed by atoms with Crippen molar-refractivity contribution in [2.45, 2.75) is 6.92 Å². The number of hydrazone groups is 1. The molecule has 160 valence electrons. The van der Waals surface area contributed by atoms with Crippen LogP contribution in [0.4, 0.5) is 5.69 Å². The van der Waals surface area contributed by atoms with Crippen LogP contribution < -0.4 is 23.9 Å². The third kappa shape index (κ3) is 5.41. The summed E-state index contributed by atoms with van der Waals surface area (Å²) >= 11 is 0. The number of carbonyl (C=O) groups is 1. The van der Waals surface area contributed by atoms with E-state index in [4.69, 9.17) is 14.2 Å². The second-order valence-corrected chi connectivity index (χ2v) is 8.27. The molecular formula is C20H23N3O6S. The van der Waals surface area contributed by atoms with Crippen LogP contribution in [0.1, 0.15) is 12.5 Å². The molecule has 0 bridgehead atoms. The molecule has 2 aromatic rings. The number of rotatable bonds is 8. The summed E-state index contributed by atoms with van der Waals surface area (Å²) in [4.78, 5) is 12.3. The van der Waals surface area contributed by atoms with Crippen molar-refractivity contribution in [3.63, 3.8) is 0 Å². The minimum absolute atomic E-state index is 0.350. The maximum absolute atomic E-state index is 12.3. The number of nitrogens with one attached hydrogen (secondary N) is 1. The Kier molecular flexibility index (Phi) is 6.78. The Labute approximate surface area is 175 Å². The lowest BCUT2D eigenvalue weighted by atomic mass is 10.2. The molecule has 0 unspecified atom stereocenters. The lowest BCUT2D eigenvalue weighted by molar-refractivity contribution is -0.119. The number of amides is 1. The van der Waals surface area contributed by atoms with Gasteiger partial charge in [-0.25, -0.2) is 13.8 Å². The predicted octanol–water partition coefficient (Wildman–Crippen LogP) is 1.77. The van der Waals surface area contributed by atoms with Crippen LogP contribution in [0.2, 0.25) is 0 Å². The third-order valence-electron chi connectivity index (χ3n) is 4.11. The number of carbonyl (C=O) groups excluding carboxylic acids is 1. The molecule has 1 heterocycles. The number of nitrogens with zero attached hydrogens (tertiary/aromatic N) is 2. The molecule has 10 heteroatoms. The molecular weight excluding hydrogens is 410 g/mol. The summed E-state index contributed by atoms with van der Waals surface area (Å²) in [5, 5.41) is 3.92. The average Bonchev–Trinajstić information content (AvgIpc) is 2.72. The summed E-state index contributed by atoms with van der Waals surface area (Å²) in [5.41, 5.74) is 3.33. The van der Waals surface area contributed by atoms with E-state index in [2.05, 4.69) is 10.5 Å². The molecule has 1 N–H and O–H groups in total.